The summed E-state index contributed by atoms with van der Waals surface area (Å²) < 4.78 is 10.2. The second kappa shape index (κ2) is 6.78. The summed E-state index contributed by atoms with van der Waals surface area (Å²) in [5.74, 6) is -1.73. The third kappa shape index (κ3) is 3.21. The highest BCUT2D eigenvalue weighted by atomic mass is 35.5. The van der Waals surface area contributed by atoms with E-state index in [0.29, 0.717) is 21.9 Å². The molecule has 5 nitrogen and oxygen atoms in total. The average molecular weight is 379 g/mol. The van der Waals surface area contributed by atoms with Crippen molar-refractivity contribution < 1.29 is 24.2 Å². The molecule has 1 N–H and O–H groups in total. The molecule has 128 valence electrons. The number of carbonyl (C=O) groups is 2. The maximum Gasteiger partial charge on any atom is 0.380 e. The number of Topliss-reactive ketones (excluding diaryl/α,β-unsaturated/α-hetero) is 1. The smallest absolute Gasteiger partial charge is 0.380 e. The quantitative estimate of drug-likeness (QED) is 0.376. The lowest BCUT2D eigenvalue weighted by Crippen LogP contribution is -2.08. The SMILES string of the molecule is COc1ccc(C(O)=C2C(=O)C(=O)OC2c2ccc(Cl)cc2Cl)cc1. The van der Waals surface area contributed by atoms with Crippen LogP contribution in [0.4, 0.5) is 0 Å². The number of halogens is 2. The second-order valence-electron chi connectivity index (χ2n) is 5.27. The number of ketones is 1. The number of esters is 1. The Morgan fingerprint density at radius 2 is 1.80 bits per heavy atom. The minimum absolute atomic E-state index is 0.167. The summed E-state index contributed by atoms with van der Waals surface area (Å²) in [5, 5.41) is 11.2. The summed E-state index contributed by atoms with van der Waals surface area (Å²) in [6.45, 7) is 0. The number of hydrogen-bond donors (Lipinski definition) is 1. The van der Waals surface area contributed by atoms with Gasteiger partial charge in [0.05, 0.1) is 12.7 Å². The first-order chi connectivity index (χ1) is 11.9. The van der Waals surface area contributed by atoms with Crippen molar-refractivity contribution in [2.75, 3.05) is 7.11 Å². The molecule has 1 aliphatic heterocycles. The van der Waals surface area contributed by atoms with Gasteiger partial charge in [-0.15, -0.1) is 0 Å². The van der Waals surface area contributed by atoms with Crippen LogP contribution in [0.3, 0.4) is 0 Å². The monoisotopic (exact) mass is 378 g/mol. The number of aliphatic hydroxyl groups is 1. The normalized spacial score (nSPS) is 18.9. The highest BCUT2D eigenvalue weighted by Gasteiger charge is 2.43. The van der Waals surface area contributed by atoms with E-state index in [0.717, 1.165) is 0 Å². The van der Waals surface area contributed by atoms with Gasteiger partial charge in [-0.1, -0.05) is 29.3 Å². The summed E-state index contributed by atoms with van der Waals surface area (Å²) in [6, 6.07) is 11.0. The molecule has 2 aromatic rings. The third-order valence-electron chi connectivity index (χ3n) is 3.78. The Kier molecular flexibility index (Phi) is 4.70. The van der Waals surface area contributed by atoms with Gasteiger partial charge in [0.25, 0.3) is 5.78 Å². The highest BCUT2D eigenvalue weighted by molar-refractivity contribution is 6.44. The van der Waals surface area contributed by atoms with Crippen LogP contribution < -0.4 is 4.74 Å². The van der Waals surface area contributed by atoms with Crippen molar-refractivity contribution in [3.05, 3.63) is 69.2 Å². The summed E-state index contributed by atoms with van der Waals surface area (Å²) in [4.78, 5) is 24.0. The van der Waals surface area contributed by atoms with Crippen molar-refractivity contribution >= 4 is 40.7 Å². The predicted molar refractivity (Wildman–Crippen MR) is 92.8 cm³/mol. The number of methoxy groups -OCH3 is 1. The number of ether oxygens (including phenoxy) is 2. The van der Waals surface area contributed by atoms with Crippen LogP contribution >= 0.6 is 23.2 Å². The lowest BCUT2D eigenvalue weighted by molar-refractivity contribution is -0.149. The fourth-order valence-electron chi connectivity index (χ4n) is 2.52. The first kappa shape index (κ1) is 17.3. The van der Waals surface area contributed by atoms with Gasteiger partial charge >= 0.3 is 5.97 Å². The minimum atomic E-state index is -1.10. The van der Waals surface area contributed by atoms with Gasteiger partial charge in [0.1, 0.15) is 11.5 Å². The number of hydrogen-bond acceptors (Lipinski definition) is 5. The van der Waals surface area contributed by atoms with Crippen LogP contribution in [0.1, 0.15) is 17.2 Å². The van der Waals surface area contributed by atoms with Crippen LogP contribution in [0.5, 0.6) is 5.75 Å². The molecule has 0 radical (unpaired) electrons. The fourth-order valence-corrected chi connectivity index (χ4v) is 3.03. The van der Waals surface area contributed by atoms with Crippen molar-refractivity contribution in [2.45, 2.75) is 6.10 Å². The molecule has 1 fully saturated rings. The van der Waals surface area contributed by atoms with E-state index < -0.39 is 17.9 Å². The Morgan fingerprint density at radius 1 is 1.12 bits per heavy atom. The third-order valence-corrected chi connectivity index (χ3v) is 4.34. The Balaban J connectivity index is 2.11. The number of carbonyl (C=O) groups excluding carboxylic acids is 2. The van der Waals surface area contributed by atoms with E-state index in [9.17, 15) is 14.7 Å². The van der Waals surface area contributed by atoms with E-state index in [1.807, 2.05) is 0 Å². The molecule has 2 aromatic carbocycles. The molecule has 1 saturated heterocycles. The molecule has 0 saturated carbocycles. The molecule has 1 unspecified atom stereocenters. The second-order valence-corrected chi connectivity index (χ2v) is 6.11. The molecule has 7 heteroatoms. The van der Waals surface area contributed by atoms with Crippen molar-refractivity contribution in [3.63, 3.8) is 0 Å². The summed E-state index contributed by atoms with van der Waals surface area (Å²) in [6.07, 6.45) is -1.10. The molecule has 0 aromatic heterocycles. The van der Waals surface area contributed by atoms with Crippen LogP contribution in [0.25, 0.3) is 5.76 Å². The van der Waals surface area contributed by atoms with Crippen LogP contribution in [-0.2, 0) is 14.3 Å². The van der Waals surface area contributed by atoms with E-state index >= 15 is 0 Å². The topological polar surface area (TPSA) is 72.8 Å². The zero-order valence-electron chi connectivity index (χ0n) is 13.0. The van der Waals surface area contributed by atoms with Crippen LogP contribution in [0.15, 0.2) is 48.0 Å². The first-order valence-electron chi connectivity index (χ1n) is 7.20. The summed E-state index contributed by atoms with van der Waals surface area (Å²) in [5.41, 5.74) is 0.539. The van der Waals surface area contributed by atoms with Gasteiger partial charge in [-0.05, 0) is 36.4 Å². The number of rotatable bonds is 3. The lowest BCUT2D eigenvalue weighted by Gasteiger charge is -2.14. The van der Waals surface area contributed by atoms with Gasteiger partial charge in [-0.3, -0.25) is 4.79 Å². The summed E-state index contributed by atoms with van der Waals surface area (Å²) in [7, 11) is 1.51. The van der Waals surface area contributed by atoms with Gasteiger partial charge in [0, 0.05) is 21.2 Å². The minimum Gasteiger partial charge on any atom is -0.507 e. The lowest BCUT2D eigenvalue weighted by atomic mass is 9.96. The molecule has 1 atom stereocenters. The maximum absolute atomic E-state index is 12.2. The van der Waals surface area contributed by atoms with Gasteiger partial charge in [-0.2, -0.15) is 0 Å². The van der Waals surface area contributed by atoms with Crippen LogP contribution in [-0.4, -0.2) is 24.0 Å². The van der Waals surface area contributed by atoms with Gasteiger partial charge in [-0.25, -0.2) is 4.79 Å². The van der Waals surface area contributed by atoms with Crippen molar-refractivity contribution in [1.82, 2.24) is 0 Å². The van der Waals surface area contributed by atoms with Crippen molar-refractivity contribution in [1.29, 1.82) is 0 Å². The van der Waals surface area contributed by atoms with Crippen LogP contribution in [0.2, 0.25) is 10.0 Å². The number of aliphatic hydroxyl groups excluding tert-OH is 1. The Hall–Kier alpha value is -2.50. The fraction of sp³-hybridized carbons (Fsp3) is 0.111. The van der Waals surface area contributed by atoms with E-state index in [1.54, 1.807) is 36.4 Å². The van der Waals surface area contributed by atoms with Crippen molar-refractivity contribution in [3.8, 4) is 5.75 Å². The molecule has 0 spiro atoms. The van der Waals surface area contributed by atoms with E-state index in [2.05, 4.69) is 0 Å². The van der Waals surface area contributed by atoms with E-state index in [1.165, 1.54) is 13.2 Å². The predicted octanol–water partition coefficient (Wildman–Crippen LogP) is 4.14. The number of cyclic esters (lactones) is 1. The first-order valence-corrected chi connectivity index (χ1v) is 7.95. The average Bonchev–Trinajstić information content (AvgIpc) is 2.89. The maximum atomic E-state index is 12.2. The van der Waals surface area contributed by atoms with Crippen LogP contribution in [0, 0.1) is 0 Å². The molecule has 1 aliphatic rings. The molecular formula is C18H12Cl2O5. The zero-order valence-corrected chi connectivity index (χ0v) is 14.5. The Labute approximate surface area is 153 Å². The largest absolute Gasteiger partial charge is 0.507 e. The molecule has 0 amide bonds. The zero-order chi connectivity index (χ0) is 18.1. The van der Waals surface area contributed by atoms with Crippen molar-refractivity contribution in [2.24, 2.45) is 0 Å². The standard InChI is InChI=1S/C18H12Cl2O5/c1-24-11-5-2-9(3-6-11)15(21)14-16(22)18(23)25-17(14)12-7-4-10(19)8-13(12)20/h2-8,17,21H,1H3. The van der Waals surface area contributed by atoms with E-state index in [-0.39, 0.29) is 16.4 Å². The molecule has 3 rings (SSSR count). The molecule has 0 aliphatic carbocycles. The Morgan fingerprint density at radius 3 is 2.40 bits per heavy atom. The summed E-state index contributed by atoms with van der Waals surface area (Å²) >= 11 is 12.0. The van der Waals surface area contributed by atoms with Gasteiger partial charge < -0.3 is 14.6 Å². The Bertz CT molecular complexity index is 887. The molecule has 0 bridgehead atoms. The molecule has 1 heterocycles. The molecular weight excluding hydrogens is 367 g/mol. The van der Waals surface area contributed by atoms with Gasteiger partial charge in [0.2, 0.25) is 0 Å². The van der Waals surface area contributed by atoms with E-state index in [4.69, 9.17) is 32.7 Å². The molecule has 25 heavy (non-hydrogen) atoms. The van der Waals surface area contributed by atoms with Gasteiger partial charge in [0.15, 0.2) is 6.10 Å². The number of benzene rings is 2. The highest BCUT2D eigenvalue weighted by Crippen LogP contribution is 2.40.